The van der Waals surface area contributed by atoms with Crippen LogP contribution in [-0.4, -0.2) is 66.2 Å². The maximum Gasteiger partial charge on any atom is 0.405 e. The number of carbonyl (C=O) groups is 2. The molecule has 0 bridgehead atoms. The molecule has 1 aliphatic rings. The zero-order valence-electron chi connectivity index (χ0n) is 12.9. The van der Waals surface area contributed by atoms with Gasteiger partial charge in [0, 0.05) is 26.1 Å². The predicted molar refractivity (Wildman–Crippen MR) is 83.8 cm³/mol. The summed E-state index contributed by atoms with van der Waals surface area (Å²) in [5, 5.41) is 11.4. The molecular weight excluding hydrogens is 282 g/mol. The number of hydrogen-bond donors (Lipinski definition) is 2. The smallest absolute Gasteiger partial charge is 0.405 e. The van der Waals surface area contributed by atoms with Gasteiger partial charge in [-0.05, 0) is 25.6 Å². The van der Waals surface area contributed by atoms with Crippen LogP contribution < -0.4 is 5.32 Å². The van der Waals surface area contributed by atoms with Crippen molar-refractivity contribution in [2.45, 2.75) is 18.9 Å². The first-order valence-electron chi connectivity index (χ1n) is 7.57. The molecule has 1 heterocycles. The van der Waals surface area contributed by atoms with Gasteiger partial charge in [-0.25, -0.2) is 4.79 Å². The van der Waals surface area contributed by atoms with Crippen molar-refractivity contribution >= 4 is 12.0 Å². The summed E-state index contributed by atoms with van der Waals surface area (Å²) in [6.45, 7) is 3.09. The van der Waals surface area contributed by atoms with Gasteiger partial charge in [0.2, 0.25) is 5.91 Å². The Labute approximate surface area is 130 Å². The minimum atomic E-state index is -1.17. The largest absolute Gasteiger partial charge is 0.465 e. The Morgan fingerprint density at radius 2 is 1.91 bits per heavy atom. The normalized spacial score (nSPS) is 17.6. The van der Waals surface area contributed by atoms with Crippen molar-refractivity contribution in [3.63, 3.8) is 0 Å². The molecule has 6 nitrogen and oxygen atoms in total. The zero-order chi connectivity index (χ0) is 15.9. The van der Waals surface area contributed by atoms with Crippen LogP contribution >= 0.6 is 0 Å². The van der Waals surface area contributed by atoms with E-state index in [-0.39, 0.29) is 5.91 Å². The van der Waals surface area contributed by atoms with Gasteiger partial charge in [-0.1, -0.05) is 30.3 Å². The summed E-state index contributed by atoms with van der Waals surface area (Å²) in [5.74, 6) is -0.137. The average Bonchev–Trinajstić information content (AvgIpc) is 2.71. The molecule has 0 saturated carbocycles. The third-order valence-electron chi connectivity index (χ3n) is 3.91. The Morgan fingerprint density at radius 1 is 1.18 bits per heavy atom. The Bertz CT molecular complexity index is 507. The molecule has 1 atom stereocenters. The highest BCUT2D eigenvalue weighted by molar-refractivity contribution is 5.85. The molecule has 1 aliphatic heterocycles. The SMILES string of the molecule is CN1CCCN(C(=O)C(Cc2ccccc2)NC(=O)O)CC1. The standard InChI is InChI=1S/C16H23N3O3/c1-18-8-5-9-19(11-10-18)15(20)14(17-16(21)22)12-13-6-3-2-4-7-13/h2-4,6-7,14,17H,5,8-12H2,1H3,(H,21,22). The van der Waals surface area contributed by atoms with Crippen molar-refractivity contribution in [2.75, 3.05) is 33.2 Å². The van der Waals surface area contributed by atoms with Gasteiger partial charge in [0.05, 0.1) is 0 Å². The molecule has 0 radical (unpaired) electrons. The highest BCUT2D eigenvalue weighted by Crippen LogP contribution is 2.09. The van der Waals surface area contributed by atoms with Gasteiger partial charge in [0.15, 0.2) is 0 Å². The van der Waals surface area contributed by atoms with Gasteiger partial charge in [-0.15, -0.1) is 0 Å². The Balaban J connectivity index is 2.06. The molecule has 1 unspecified atom stereocenters. The van der Waals surface area contributed by atoms with E-state index in [0.29, 0.717) is 19.5 Å². The van der Waals surface area contributed by atoms with Gasteiger partial charge in [-0.2, -0.15) is 0 Å². The summed E-state index contributed by atoms with van der Waals surface area (Å²) in [6.07, 6.45) is 0.118. The number of rotatable bonds is 4. The fourth-order valence-electron chi connectivity index (χ4n) is 2.69. The molecule has 1 aromatic carbocycles. The number of carbonyl (C=O) groups excluding carboxylic acids is 1. The van der Waals surface area contributed by atoms with E-state index in [4.69, 9.17) is 5.11 Å². The zero-order valence-corrected chi connectivity index (χ0v) is 12.9. The van der Waals surface area contributed by atoms with E-state index in [2.05, 4.69) is 10.2 Å². The second-order valence-electron chi connectivity index (χ2n) is 5.67. The summed E-state index contributed by atoms with van der Waals surface area (Å²) >= 11 is 0. The third-order valence-corrected chi connectivity index (χ3v) is 3.91. The van der Waals surface area contributed by atoms with E-state index >= 15 is 0 Å². The summed E-state index contributed by atoms with van der Waals surface area (Å²) in [6, 6.07) is 8.75. The molecule has 2 N–H and O–H groups in total. The first kappa shape index (κ1) is 16.3. The number of likely N-dealkylation sites (N-methyl/N-ethyl adjacent to an activating group) is 1. The highest BCUT2D eigenvalue weighted by Gasteiger charge is 2.27. The Morgan fingerprint density at radius 3 is 2.59 bits per heavy atom. The molecular formula is C16H23N3O3. The van der Waals surface area contributed by atoms with Crippen LogP contribution in [0.2, 0.25) is 0 Å². The molecule has 120 valence electrons. The van der Waals surface area contributed by atoms with Crippen LogP contribution in [0.5, 0.6) is 0 Å². The molecule has 2 rings (SSSR count). The van der Waals surface area contributed by atoms with E-state index in [1.165, 1.54) is 0 Å². The number of nitrogens with one attached hydrogen (secondary N) is 1. The van der Waals surface area contributed by atoms with Crippen LogP contribution in [0.3, 0.4) is 0 Å². The van der Waals surface area contributed by atoms with Crippen molar-refractivity contribution in [3.8, 4) is 0 Å². The van der Waals surface area contributed by atoms with Crippen LogP contribution in [0, 0.1) is 0 Å². The first-order valence-corrected chi connectivity index (χ1v) is 7.57. The van der Waals surface area contributed by atoms with Crippen molar-refractivity contribution in [1.82, 2.24) is 15.1 Å². The molecule has 6 heteroatoms. The maximum absolute atomic E-state index is 12.7. The lowest BCUT2D eigenvalue weighted by molar-refractivity contribution is -0.133. The molecule has 1 aromatic rings. The molecule has 1 saturated heterocycles. The quantitative estimate of drug-likeness (QED) is 0.871. The molecule has 22 heavy (non-hydrogen) atoms. The predicted octanol–water partition coefficient (Wildman–Crippen LogP) is 1.03. The summed E-state index contributed by atoms with van der Waals surface area (Å²) in [7, 11) is 2.03. The van der Waals surface area contributed by atoms with Gasteiger partial charge < -0.3 is 20.2 Å². The molecule has 2 amide bonds. The molecule has 1 fully saturated rings. The molecule has 0 aromatic heterocycles. The van der Waals surface area contributed by atoms with Gasteiger partial charge in [-0.3, -0.25) is 4.79 Å². The topological polar surface area (TPSA) is 72.9 Å². The van der Waals surface area contributed by atoms with Crippen LogP contribution in [0.25, 0.3) is 0 Å². The van der Waals surface area contributed by atoms with E-state index in [9.17, 15) is 9.59 Å². The van der Waals surface area contributed by atoms with Crippen molar-refractivity contribution < 1.29 is 14.7 Å². The van der Waals surface area contributed by atoms with E-state index in [1.807, 2.05) is 37.4 Å². The Kier molecular flexibility index (Phi) is 5.77. The average molecular weight is 305 g/mol. The van der Waals surface area contributed by atoms with Crippen LogP contribution in [0.4, 0.5) is 4.79 Å². The summed E-state index contributed by atoms with van der Waals surface area (Å²) in [5.41, 5.74) is 0.946. The maximum atomic E-state index is 12.7. The van der Waals surface area contributed by atoms with Crippen LogP contribution in [-0.2, 0) is 11.2 Å². The fraction of sp³-hybridized carbons (Fsp3) is 0.500. The summed E-state index contributed by atoms with van der Waals surface area (Å²) < 4.78 is 0. The number of benzene rings is 1. The van der Waals surface area contributed by atoms with Crippen molar-refractivity contribution in [3.05, 3.63) is 35.9 Å². The van der Waals surface area contributed by atoms with E-state index in [1.54, 1.807) is 4.90 Å². The van der Waals surface area contributed by atoms with Crippen LogP contribution in [0.15, 0.2) is 30.3 Å². The number of hydrogen-bond acceptors (Lipinski definition) is 3. The third kappa shape index (κ3) is 4.73. The minimum Gasteiger partial charge on any atom is -0.465 e. The van der Waals surface area contributed by atoms with Gasteiger partial charge in [0.1, 0.15) is 6.04 Å². The van der Waals surface area contributed by atoms with Crippen molar-refractivity contribution in [2.24, 2.45) is 0 Å². The monoisotopic (exact) mass is 305 g/mol. The number of nitrogens with zero attached hydrogens (tertiary/aromatic N) is 2. The Hall–Kier alpha value is -2.08. The van der Waals surface area contributed by atoms with E-state index in [0.717, 1.165) is 25.1 Å². The van der Waals surface area contributed by atoms with Crippen LogP contribution in [0.1, 0.15) is 12.0 Å². The summed E-state index contributed by atoms with van der Waals surface area (Å²) in [4.78, 5) is 27.7. The number of carboxylic acid groups (broad SMARTS) is 1. The van der Waals surface area contributed by atoms with Crippen molar-refractivity contribution in [1.29, 1.82) is 0 Å². The first-order chi connectivity index (χ1) is 10.6. The lowest BCUT2D eigenvalue weighted by atomic mass is 10.0. The molecule has 0 spiro atoms. The number of amides is 2. The van der Waals surface area contributed by atoms with Gasteiger partial charge >= 0.3 is 6.09 Å². The minimum absolute atomic E-state index is 0.137. The second kappa shape index (κ2) is 7.79. The highest BCUT2D eigenvalue weighted by atomic mass is 16.4. The molecule has 0 aliphatic carbocycles. The van der Waals surface area contributed by atoms with Gasteiger partial charge in [0.25, 0.3) is 0 Å². The lowest BCUT2D eigenvalue weighted by Crippen LogP contribution is -2.50. The second-order valence-corrected chi connectivity index (χ2v) is 5.67. The fourth-order valence-corrected chi connectivity index (χ4v) is 2.69. The van der Waals surface area contributed by atoms with E-state index < -0.39 is 12.1 Å². The lowest BCUT2D eigenvalue weighted by Gasteiger charge is -2.26.